The maximum atomic E-state index is 13.0. The molecule has 0 aromatic heterocycles. The van der Waals surface area contributed by atoms with Gasteiger partial charge in [-0.1, -0.05) is 0 Å². The van der Waals surface area contributed by atoms with E-state index in [9.17, 15) is 18.9 Å². The fourth-order valence-electron chi connectivity index (χ4n) is 1.48. The van der Waals surface area contributed by atoms with Crippen LogP contribution in [0.5, 0.6) is 11.5 Å². The van der Waals surface area contributed by atoms with Crippen molar-refractivity contribution in [3.8, 4) is 17.6 Å². The highest BCUT2D eigenvalue weighted by Gasteiger charge is 2.17. The van der Waals surface area contributed by atoms with Gasteiger partial charge >= 0.3 is 5.69 Å². The van der Waals surface area contributed by atoms with Gasteiger partial charge in [-0.05, 0) is 24.3 Å². The molecule has 0 unspecified atom stereocenters. The highest BCUT2D eigenvalue weighted by molar-refractivity contribution is 5.53. The molecule has 0 amide bonds. The Morgan fingerprint density at radius 3 is 2.50 bits per heavy atom. The van der Waals surface area contributed by atoms with Crippen molar-refractivity contribution in [2.75, 3.05) is 0 Å². The molecule has 0 aliphatic carbocycles. The van der Waals surface area contributed by atoms with E-state index in [1.54, 1.807) is 6.07 Å². The molecule has 0 aliphatic rings. The summed E-state index contributed by atoms with van der Waals surface area (Å²) in [7, 11) is 0. The van der Waals surface area contributed by atoms with E-state index in [1.807, 2.05) is 0 Å². The summed E-state index contributed by atoms with van der Waals surface area (Å²) in [6, 6.07) is 8.10. The molecule has 2 aromatic rings. The third-order valence-corrected chi connectivity index (χ3v) is 2.40. The third-order valence-electron chi connectivity index (χ3n) is 2.40. The molecule has 0 radical (unpaired) electrons. The minimum Gasteiger partial charge on any atom is -0.450 e. The predicted octanol–water partition coefficient (Wildman–Crippen LogP) is 3.54. The zero-order chi connectivity index (χ0) is 14.7. The smallest absolute Gasteiger partial charge is 0.312 e. The van der Waals surface area contributed by atoms with E-state index in [0.29, 0.717) is 0 Å². The topological polar surface area (TPSA) is 76.2 Å². The molecule has 2 rings (SSSR count). The van der Waals surface area contributed by atoms with Crippen molar-refractivity contribution in [2.24, 2.45) is 0 Å². The Morgan fingerprint density at radius 1 is 1.15 bits per heavy atom. The lowest BCUT2D eigenvalue weighted by Gasteiger charge is -2.06. The van der Waals surface area contributed by atoms with Crippen LogP contribution in [0.4, 0.5) is 14.5 Å². The van der Waals surface area contributed by atoms with Crippen LogP contribution in [-0.4, -0.2) is 4.92 Å². The van der Waals surface area contributed by atoms with Crippen molar-refractivity contribution in [3.63, 3.8) is 0 Å². The summed E-state index contributed by atoms with van der Waals surface area (Å²) >= 11 is 0. The maximum Gasteiger partial charge on any atom is 0.312 e. The summed E-state index contributed by atoms with van der Waals surface area (Å²) in [5.74, 6) is -2.43. The second kappa shape index (κ2) is 5.32. The van der Waals surface area contributed by atoms with Crippen molar-refractivity contribution in [1.82, 2.24) is 0 Å². The number of nitro benzene ring substituents is 1. The molecule has 0 heterocycles. The second-order valence-electron chi connectivity index (χ2n) is 3.73. The molecule has 0 fully saturated rings. The van der Waals surface area contributed by atoms with Gasteiger partial charge in [0.25, 0.3) is 0 Å². The minimum absolute atomic E-state index is 0.0864. The Balaban J connectivity index is 2.40. The molecule has 100 valence electrons. The molecule has 0 bridgehead atoms. The van der Waals surface area contributed by atoms with E-state index < -0.39 is 22.2 Å². The first-order valence-electron chi connectivity index (χ1n) is 5.32. The van der Waals surface area contributed by atoms with Gasteiger partial charge in [0.05, 0.1) is 16.6 Å². The zero-order valence-electron chi connectivity index (χ0n) is 9.84. The summed E-state index contributed by atoms with van der Waals surface area (Å²) in [4.78, 5) is 10.2. The van der Waals surface area contributed by atoms with Crippen LogP contribution >= 0.6 is 0 Å². The summed E-state index contributed by atoms with van der Waals surface area (Å²) in [5.41, 5.74) is -0.344. The van der Waals surface area contributed by atoms with Crippen molar-refractivity contribution >= 4 is 5.69 Å². The molecule has 0 atom stereocenters. The third kappa shape index (κ3) is 2.70. The van der Waals surface area contributed by atoms with Crippen molar-refractivity contribution in [3.05, 3.63) is 63.7 Å². The number of nitriles is 1. The molecule has 2 aromatic carbocycles. The average molecular weight is 276 g/mol. The largest absolute Gasteiger partial charge is 0.450 e. The molecule has 20 heavy (non-hydrogen) atoms. The summed E-state index contributed by atoms with van der Waals surface area (Å²) in [5, 5.41) is 19.6. The molecule has 0 saturated carbocycles. The highest BCUT2D eigenvalue weighted by Crippen LogP contribution is 2.32. The Morgan fingerprint density at radius 2 is 1.90 bits per heavy atom. The van der Waals surface area contributed by atoms with Gasteiger partial charge in [0, 0.05) is 12.1 Å². The SMILES string of the molecule is N#Cc1ccc(Oc2ccc(F)c(F)c2)c([N+](=O)[O-])c1. The van der Waals surface area contributed by atoms with E-state index >= 15 is 0 Å². The molecule has 0 aliphatic heterocycles. The molecular formula is C13H6F2N2O3. The van der Waals surface area contributed by atoms with Crippen LogP contribution in [0.1, 0.15) is 5.56 Å². The summed E-state index contributed by atoms with van der Waals surface area (Å²) < 4.78 is 30.9. The molecule has 7 heteroatoms. The molecule has 5 nitrogen and oxygen atoms in total. The van der Waals surface area contributed by atoms with Gasteiger partial charge in [0.2, 0.25) is 5.75 Å². The number of nitro groups is 1. The Labute approximate surface area is 111 Å². The molecular weight excluding hydrogens is 270 g/mol. The van der Waals surface area contributed by atoms with Gasteiger partial charge < -0.3 is 4.74 Å². The van der Waals surface area contributed by atoms with E-state index in [4.69, 9.17) is 10.00 Å². The predicted molar refractivity (Wildman–Crippen MR) is 64.2 cm³/mol. The highest BCUT2D eigenvalue weighted by atomic mass is 19.2. The number of halogens is 2. The second-order valence-corrected chi connectivity index (χ2v) is 3.73. The monoisotopic (exact) mass is 276 g/mol. The van der Waals surface area contributed by atoms with Crippen LogP contribution in [0.15, 0.2) is 36.4 Å². The first kappa shape index (κ1) is 13.4. The number of benzene rings is 2. The van der Waals surface area contributed by atoms with Crippen molar-refractivity contribution in [2.45, 2.75) is 0 Å². The minimum atomic E-state index is -1.13. The van der Waals surface area contributed by atoms with Crippen LogP contribution < -0.4 is 4.74 Å². The zero-order valence-corrected chi connectivity index (χ0v) is 9.84. The van der Waals surface area contributed by atoms with E-state index in [-0.39, 0.29) is 17.1 Å². The van der Waals surface area contributed by atoms with E-state index in [1.165, 1.54) is 12.1 Å². The first-order chi connectivity index (χ1) is 9.51. The normalized spacial score (nSPS) is 9.85. The van der Waals surface area contributed by atoms with Crippen LogP contribution in [-0.2, 0) is 0 Å². The molecule has 0 saturated heterocycles. The number of rotatable bonds is 3. The van der Waals surface area contributed by atoms with Gasteiger partial charge in [-0.25, -0.2) is 8.78 Å². The van der Waals surface area contributed by atoms with Crippen LogP contribution in [0, 0.1) is 33.1 Å². The summed E-state index contributed by atoms with van der Waals surface area (Å²) in [6.45, 7) is 0. The summed E-state index contributed by atoms with van der Waals surface area (Å²) in [6.07, 6.45) is 0. The fraction of sp³-hybridized carbons (Fsp3) is 0. The maximum absolute atomic E-state index is 13.0. The Bertz CT molecular complexity index is 726. The van der Waals surface area contributed by atoms with Gasteiger partial charge in [-0.3, -0.25) is 10.1 Å². The Kier molecular flexibility index (Phi) is 3.57. The quantitative estimate of drug-likeness (QED) is 0.634. The number of nitrogens with zero attached hydrogens (tertiary/aromatic N) is 2. The number of hydrogen-bond acceptors (Lipinski definition) is 4. The van der Waals surface area contributed by atoms with Crippen molar-refractivity contribution < 1.29 is 18.4 Å². The number of ether oxygens (including phenoxy) is 1. The lowest BCUT2D eigenvalue weighted by Crippen LogP contribution is -1.95. The fourth-order valence-corrected chi connectivity index (χ4v) is 1.48. The van der Waals surface area contributed by atoms with Gasteiger partial charge in [-0.15, -0.1) is 0 Å². The Hall–Kier alpha value is -3.01. The first-order valence-corrected chi connectivity index (χ1v) is 5.32. The number of hydrogen-bond donors (Lipinski definition) is 0. The van der Waals surface area contributed by atoms with Crippen LogP contribution in [0.3, 0.4) is 0 Å². The van der Waals surface area contributed by atoms with Gasteiger partial charge in [0.15, 0.2) is 11.6 Å². The van der Waals surface area contributed by atoms with E-state index in [0.717, 1.165) is 24.3 Å². The van der Waals surface area contributed by atoms with Crippen LogP contribution in [0.25, 0.3) is 0 Å². The molecule has 0 spiro atoms. The molecule has 0 N–H and O–H groups in total. The lowest BCUT2D eigenvalue weighted by molar-refractivity contribution is -0.385. The van der Waals surface area contributed by atoms with Gasteiger partial charge in [-0.2, -0.15) is 5.26 Å². The van der Waals surface area contributed by atoms with Gasteiger partial charge in [0.1, 0.15) is 5.75 Å². The standard InChI is InChI=1S/C13H6F2N2O3/c14-10-3-2-9(6-11(10)15)20-13-4-1-8(7-16)5-12(13)17(18)19/h1-6H. The average Bonchev–Trinajstić information content (AvgIpc) is 2.43. The van der Waals surface area contributed by atoms with Crippen LogP contribution in [0.2, 0.25) is 0 Å². The van der Waals surface area contributed by atoms with Crippen molar-refractivity contribution in [1.29, 1.82) is 5.26 Å². The van der Waals surface area contributed by atoms with E-state index in [2.05, 4.69) is 0 Å². The lowest BCUT2D eigenvalue weighted by atomic mass is 10.2.